The molecule has 0 radical (unpaired) electrons. The number of aryl methyl sites for hydroxylation is 3. The van der Waals surface area contributed by atoms with Gasteiger partial charge >= 0.3 is 0 Å². The maximum Gasteiger partial charge on any atom is 0.222 e. The molecule has 0 unspecified atom stereocenters. The van der Waals surface area contributed by atoms with Crippen LogP contribution in [0.4, 0.5) is 0 Å². The first-order chi connectivity index (χ1) is 28.1. The number of aliphatic hydroxyl groups excluding tert-OH is 1. The summed E-state index contributed by atoms with van der Waals surface area (Å²) in [4.78, 5) is 32.8. The van der Waals surface area contributed by atoms with Crippen LogP contribution in [-0.2, 0) is 46.2 Å². The largest absolute Gasteiger partial charge is 0.392 e. The lowest BCUT2D eigenvalue weighted by Gasteiger charge is -2.21. The predicted octanol–water partition coefficient (Wildman–Crippen LogP) is 6.71. The van der Waals surface area contributed by atoms with Crippen LogP contribution in [0.25, 0.3) is 33.7 Å². The standard InChI is InChI=1S/C45H65N5O8/c1-9-34-30(3)40-27-43-36(28-51)32(5)39(48-43)26-41-31(4)35(45(49-41)33(6)38-24-29(2)37(46-38)25-42(34)47-40)10-11-44(52)50(7)12-13-54-16-17-56-20-21-58-23-22-57-19-18-55-15-14-53-8/h24-27,31,35,47-48,51H,9-23,28H2,1-8H3/t31-,35-/m0/s1. The fourth-order valence-corrected chi connectivity index (χ4v) is 7.58. The molecule has 3 aromatic rings. The molecule has 2 atom stereocenters. The van der Waals surface area contributed by atoms with Crippen molar-refractivity contribution < 1.29 is 38.3 Å². The van der Waals surface area contributed by atoms with Crippen LogP contribution in [0, 0.1) is 20.8 Å². The first kappa shape index (κ1) is 45.1. The number of ether oxygens (including phenoxy) is 6. The normalized spacial score (nSPS) is 15.3. The van der Waals surface area contributed by atoms with E-state index in [9.17, 15) is 9.90 Å². The van der Waals surface area contributed by atoms with E-state index in [-0.39, 0.29) is 24.3 Å². The minimum Gasteiger partial charge on any atom is -0.392 e. The summed E-state index contributed by atoms with van der Waals surface area (Å²) < 4.78 is 32.6. The van der Waals surface area contributed by atoms with Crippen LogP contribution < -0.4 is 0 Å². The molecule has 2 aliphatic heterocycles. The average Bonchev–Trinajstić information content (AvgIpc) is 3.92. The third-order valence-electron chi connectivity index (χ3n) is 11.3. The van der Waals surface area contributed by atoms with E-state index in [1.54, 1.807) is 12.0 Å². The van der Waals surface area contributed by atoms with E-state index in [1.807, 2.05) is 14.0 Å². The van der Waals surface area contributed by atoms with Gasteiger partial charge in [-0.15, -0.1) is 0 Å². The molecule has 0 saturated heterocycles. The van der Waals surface area contributed by atoms with Crippen LogP contribution in [0.2, 0.25) is 0 Å². The van der Waals surface area contributed by atoms with Crippen molar-refractivity contribution in [3.05, 3.63) is 68.8 Å². The number of amides is 1. The van der Waals surface area contributed by atoms with Crippen molar-refractivity contribution in [3.8, 4) is 0 Å². The van der Waals surface area contributed by atoms with Crippen LogP contribution in [0.5, 0.6) is 0 Å². The van der Waals surface area contributed by atoms with Gasteiger partial charge in [0.15, 0.2) is 0 Å². The molecular formula is C45H65N5O8. The summed E-state index contributed by atoms with van der Waals surface area (Å²) in [5, 5.41) is 10.5. The van der Waals surface area contributed by atoms with E-state index >= 15 is 0 Å². The molecule has 58 heavy (non-hydrogen) atoms. The smallest absolute Gasteiger partial charge is 0.222 e. The van der Waals surface area contributed by atoms with Gasteiger partial charge in [-0.25, -0.2) is 4.98 Å². The van der Waals surface area contributed by atoms with Gasteiger partial charge in [0, 0.05) is 78.0 Å². The molecule has 0 aliphatic carbocycles. The van der Waals surface area contributed by atoms with Crippen molar-refractivity contribution in [2.45, 2.75) is 79.2 Å². The number of allylic oxidation sites excluding steroid dienone is 1. The molecule has 13 nitrogen and oxygen atoms in total. The van der Waals surface area contributed by atoms with Crippen LogP contribution in [-0.4, -0.2) is 129 Å². The van der Waals surface area contributed by atoms with Gasteiger partial charge in [-0.2, -0.15) is 0 Å². The molecule has 0 spiro atoms. The maximum absolute atomic E-state index is 13.4. The zero-order valence-electron chi connectivity index (χ0n) is 35.9. The molecule has 318 valence electrons. The summed E-state index contributed by atoms with van der Waals surface area (Å²) in [6, 6.07) is 6.36. The number of nitrogens with one attached hydrogen (secondary N) is 2. The van der Waals surface area contributed by atoms with Crippen LogP contribution in [0.1, 0.15) is 96.0 Å². The number of carbonyl (C=O) groups is 1. The van der Waals surface area contributed by atoms with E-state index in [0.29, 0.717) is 92.1 Å². The Morgan fingerprint density at radius 2 is 1.29 bits per heavy atom. The quantitative estimate of drug-likeness (QED) is 0.0883. The Hall–Kier alpha value is -3.95. The SMILES string of the molecule is CCc1c(C)c2cc3[nH]c(cc4nc(c(C)c5nc(cc1[nH]2)C(C)=C5)[C@@H](CCC(=O)N(C)CCOCCOCCOCCOCCOCCOC)[C@@H]4C)c(C)c3CO. The van der Waals surface area contributed by atoms with Gasteiger partial charge in [0.2, 0.25) is 5.91 Å². The minimum absolute atomic E-state index is 0.0259. The van der Waals surface area contributed by atoms with E-state index in [2.05, 4.69) is 68.9 Å². The number of rotatable bonds is 23. The summed E-state index contributed by atoms with van der Waals surface area (Å²) in [7, 11) is 3.47. The lowest BCUT2D eigenvalue weighted by atomic mass is 9.85. The highest BCUT2D eigenvalue weighted by Gasteiger charge is 2.32. The Bertz CT molecular complexity index is 2020. The van der Waals surface area contributed by atoms with Crippen LogP contribution in [0.15, 0.2) is 18.2 Å². The second-order valence-corrected chi connectivity index (χ2v) is 15.1. The first-order valence-corrected chi connectivity index (χ1v) is 20.7. The number of methoxy groups -OCH3 is 1. The Labute approximate surface area is 343 Å². The van der Waals surface area contributed by atoms with Crippen molar-refractivity contribution in [2.24, 2.45) is 0 Å². The maximum atomic E-state index is 13.4. The van der Waals surface area contributed by atoms with Crippen molar-refractivity contribution in [2.75, 3.05) is 93.4 Å². The lowest BCUT2D eigenvalue weighted by Crippen LogP contribution is -2.30. The number of fused-ring (bicyclic) bond motifs is 8. The Morgan fingerprint density at radius 3 is 1.88 bits per heavy atom. The minimum atomic E-state index is -0.0791. The summed E-state index contributed by atoms with van der Waals surface area (Å²) in [5.41, 5.74) is 14.0. The third-order valence-corrected chi connectivity index (χ3v) is 11.3. The number of nitrogens with zero attached hydrogens (tertiary/aromatic N) is 3. The van der Waals surface area contributed by atoms with Gasteiger partial charge in [-0.1, -0.05) is 13.8 Å². The van der Waals surface area contributed by atoms with E-state index < -0.39 is 0 Å². The molecule has 8 bridgehead atoms. The van der Waals surface area contributed by atoms with Crippen molar-refractivity contribution in [1.29, 1.82) is 0 Å². The van der Waals surface area contributed by atoms with Gasteiger partial charge < -0.3 is 48.4 Å². The van der Waals surface area contributed by atoms with Crippen LogP contribution in [0.3, 0.4) is 0 Å². The van der Waals surface area contributed by atoms with Gasteiger partial charge in [0.05, 0.1) is 90.7 Å². The average molecular weight is 804 g/mol. The van der Waals surface area contributed by atoms with Crippen molar-refractivity contribution in [3.63, 3.8) is 0 Å². The highest BCUT2D eigenvalue weighted by atomic mass is 16.6. The molecule has 2 aliphatic rings. The Kier molecular flexibility index (Phi) is 17.5. The molecule has 1 amide bonds. The van der Waals surface area contributed by atoms with E-state index in [4.69, 9.17) is 38.4 Å². The number of carbonyl (C=O) groups excluding carboxylic acids is 1. The van der Waals surface area contributed by atoms with Crippen molar-refractivity contribution in [1.82, 2.24) is 24.8 Å². The number of hydrogen-bond donors (Lipinski definition) is 3. The summed E-state index contributed by atoms with van der Waals surface area (Å²) in [5.74, 6) is 0.156. The van der Waals surface area contributed by atoms with Gasteiger partial charge in [-0.05, 0) is 92.6 Å². The molecule has 0 saturated carbocycles. The molecule has 3 aromatic heterocycles. The second-order valence-electron chi connectivity index (χ2n) is 15.1. The lowest BCUT2D eigenvalue weighted by molar-refractivity contribution is -0.130. The van der Waals surface area contributed by atoms with E-state index in [1.165, 1.54) is 11.1 Å². The number of aliphatic hydroxyl groups is 1. The number of aromatic amines is 2. The molecule has 5 rings (SSSR count). The summed E-state index contributed by atoms with van der Waals surface area (Å²) >= 11 is 0. The Balaban J connectivity index is 1.19. The predicted molar refractivity (Wildman–Crippen MR) is 228 cm³/mol. The monoisotopic (exact) mass is 803 g/mol. The van der Waals surface area contributed by atoms with Crippen molar-refractivity contribution >= 4 is 39.6 Å². The summed E-state index contributed by atoms with van der Waals surface area (Å²) in [6.45, 7) is 18.7. The second kappa shape index (κ2) is 22.4. The fourth-order valence-electron chi connectivity index (χ4n) is 7.58. The third kappa shape index (κ3) is 11.6. The number of H-pyrrole nitrogens is 2. The zero-order valence-corrected chi connectivity index (χ0v) is 35.9. The molecule has 0 fully saturated rings. The van der Waals surface area contributed by atoms with Crippen LogP contribution >= 0.6 is 0 Å². The Morgan fingerprint density at radius 1 is 0.741 bits per heavy atom. The molecule has 5 heterocycles. The fraction of sp³-hybridized carbons (Fsp3) is 0.578. The molecule has 0 aromatic carbocycles. The molecule has 3 N–H and O–H groups in total. The zero-order chi connectivity index (χ0) is 41.6. The highest BCUT2D eigenvalue weighted by molar-refractivity contribution is 5.85. The first-order valence-electron chi connectivity index (χ1n) is 20.7. The van der Waals surface area contributed by atoms with Gasteiger partial charge in [0.25, 0.3) is 0 Å². The number of likely N-dealkylation sites (N-methyl/N-ethyl adjacent to an activating group) is 1. The number of aromatic nitrogens is 4. The number of hydrogen-bond acceptors (Lipinski definition) is 10. The topological polar surface area (TPSA) is 153 Å². The van der Waals surface area contributed by atoms with Gasteiger partial charge in [-0.3, -0.25) is 9.78 Å². The summed E-state index contributed by atoms with van der Waals surface area (Å²) in [6.07, 6.45) is 4.06. The molecule has 13 heteroatoms. The van der Waals surface area contributed by atoms with Gasteiger partial charge in [0.1, 0.15) is 0 Å². The highest BCUT2D eigenvalue weighted by Crippen LogP contribution is 2.42. The van der Waals surface area contributed by atoms with E-state index in [0.717, 1.165) is 73.5 Å². The molecular weight excluding hydrogens is 739 g/mol.